The van der Waals surface area contributed by atoms with E-state index in [0.717, 1.165) is 11.1 Å². The van der Waals surface area contributed by atoms with Crippen molar-refractivity contribution in [3.8, 4) is 11.5 Å². The van der Waals surface area contributed by atoms with Gasteiger partial charge in [0.05, 0.1) is 11.8 Å². The number of aryl methyl sites for hydroxylation is 2. The van der Waals surface area contributed by atoms with Crippen LogP contribution in [0.2, 0.25) is 0 Å². The molecule has 0 aliphatic heterocycles. The van der Waals surface area contributed by atoms with E-state index >= 15 is 0 Å². The molecular formula is C21H23N3O2S. The number of carbonyl (C=O) groups excluding carboxylic acids is 1. The summed E-state index contributed by atoms with van der Waals surface area (Å²) in [6, 6.07) is 16.0. The fraction of sp³-hybridized carbons (Fsp3) is 0.286. The maximum atomic E-state index is 12.5. The molecule has 27 heavy (non-hydrogen) atoms. The first-order valence-electron chi connectivity index (χ1n) is 8.80. The highest BCUT2D eigenvalue weighted by Gasteiger charge is 2.19. The number of hydrogen-bond acceptors (Lipinski definition) is 5. The second-order valence-corrected chi connectivity index (χ2v) is 7.48. The first kappa shape index (κ1) is 19.2. The summed E-state index contributed by atoms with van der Waals surface area (Å²) in [6.07, 6.45) is 0. The molecule has 1 atom stereocenters. The van der Waals surface area contributed by atoms with Gasteiger partial charge in [-0.2, -0.15) is 0 Å². The van der Waals surface area contributed by atoms with Crippen LogP contribution in [-0.4, -0.2) is 33.8 Å². The molecule has 3 aromatic rings. The SMILES string of the molecule is Cc1ccc(-c2nnc(SCC(=O)N(C)[C@H](C)c3ccccc3)o2)cc1C. The van der Waals surface area contributed by atoms with Crippen molar-refractivity contribution in [2.75, 3.05) is 12.8 Å². The maximum Gasteiger partial charge on any atom is 0.277 e. The van der Waals surface area contributed by atoms with E-state index in [9.17, 15) is 4.79 Å². The Morgan fingerprint density at radius 1 is 1.11 bits per heavy atom. The predicted octanol–water partition coefficient (Wildman–Crippen LogP) is 4.67. The van der Waals surface area contributed by atoms with Gasteiger partial charge in [0.1, 0.15) is 0 Å². The molecular weight excluding hydrogens is 358 g/mol. The van der Waals surface area contributed by atoms with Crippen LogP contribution in [0.1, 0.15) is 29.7 Å². The van der Waals surface area contributed by atoms with E-state index in [0.29, 0.717) is 11.1 Å². The fourth-order valence-corrected chi connectivity index (χ4v) is 3.34. The lowest BCUT2D eigenvalue weighted by Crippen LogP contribution is -2.31. The van der Waals surface area contributed by atoms with Crippen molar-refractivity contribution >= 4 is 17.7 Å². The fourth-order valence-electron chi connectivity index (χ4n) is 2.66. The van der Waals surface area contributed by atoms with Gasteiger partial charge in [0.2, 0.25) is 11.8 Å². The Morgan fingerprint density at radius 3 is 2.56 bits per heavy atom. The Bertz CT molecular complexity index is 924. The Morgan fingerprint density at radius 2 is 1.85 bits per heavy atom. The van der Waals surface area contributed by atoms with E-state index in [1.54, 1.807) is 4.90 Å². The third kappa shape index (κ3) is 4.57. The molecule has 140 valence electrons. The number of nitrogens with zero attached hydrogens (tertiary/aromatic N) is 3. The van der Waals surface area contributed by atoms with Crippen LogP contribution in [0.4, 0.5) is 0 Å². The average molecular weight is 382 g/mol. The third-order valence-corrected chi connectivity index (χ3v) is 5.54. The summed E-state index contributed by atoms with van der Waals surface area (Å²) in [5, 5.41) is 8.56. The molecule has 1 amide bonds. The first-order valence-corrected chi connectivity index (χ1v) is 9.79. The molecule has 0 fully saturated rings. The van der Waals surface area contributed by atoms with Crippen LogP contribution >= 0.6 is 11.8 Å². The summed E-state index contributed by atoms with van der Waals surface area (Å²) in [4.78, 5) is 14.2. The molecule has 0 saturated carbocycles. The molecule has 1 heterocycles. The second-order valence-electron chi connectivity index (χ2n) is 6.55. The number of benzene rings is 2. The largest absolute Gasteiger partial charge is 0.411 e. The van der Waals surface area contributed by atoms with Gasteiger partial charge in [-0.15, -0.1) is 10.2 Å². The summed E-state index contributed by atoms with van der Waals surface area (Å²) in [5.41, 5.74) is 4.38. The van der Waals surface area contributed by atoms with Gasteiger partial charge in [0.25, 0.3) is 5.22 Å². The summed E-state index contributed by atoms with van der Waals surface area (Å²) in [7, 11) is 1.81. The zero-order valence-electron chi connectivity index (χ0n) is 16.0. The van der Waals surface area contributed by atoms with Crippen molar-refractivity contribution < 1.29 is 9.21 Å². The number of carbonyl (C=O) groups is 1. The van der Waals surface area contributed by atoms with Crippen LogP contribution in [0.3, 0.4) is 0 Å². The molecule has 3 rings (SSSR count). The van der Waals surface area contributed by atoms with E-state index in [2.05, 4.69) is 17.1 Å². The van der Waals surface area contributed by atoms with Crippen LogP contribution in [0.25, 0.3) is 11.5 Å². The van der Waals surface area contributed by atoms with Crippen molar-refractivity contribution in [1.29, 1.82) is 0 Å². The second kappa shape index (κ2) is 8.39. The molecule has 0 saturated heterocycles. The molecule has 0 aliphatic rings. The summed E-state index contributed by atoms with van der Waals surface area (Å²) in [5.74, 6) is 0.740. The first-order chi connectivity index (χ1) is 13.0. The predicted molar refractivity (Wildman–Crippen MR) is 108 cm³/mol. The molecule has 0 unspecified atom stereocenters. The minimum atomic E-state index is 0.00748. The van der Waals surface area contributed by atoms with Crippen molar-refractivity contribution in [3.05, 3.63) is 65.2 Å². The summed E-state index contributed by atoms with van der Waals surface area (Å²) >= 11 is 1.26. The molecule has 0 radical (unpaired) electrons. The number of rotatable bonds is 6. The van der Waals surface area contributed by atoms with E-state index in [1.807, 2.05) is 69.4 Å². The highest BCUT2D eigenvalue weighted by atomic mass is 32.2. The minimum absolute atomic E-state index is 0.00748. The molecule has 0 bridgehead atoms. The van der Waals surface area contributed by atoms with Crippen LogP contribution in [0, 0.1) is 13.8 Å². The normalized spacial score (nSPS) is 12.0. The van der Waals surface area contributed by atoms with Crippen molar-refractivity contribution in [3.63, 3.8) is 0 Å². The van der Waals surface area contributed by atoms with Gasteiger partial charge in [0, 0.05) is 12.6 Å². The quantitative estimate of drug-likeness (QED) is 0.581. The highest BCUT2D eigenvalue weighted by molar-refractivity contribution is 7.99. The van der Waals surface area contributed by atoms with Crippen molar-refractivity contribution in [2.45, 2.75) is 32.0 Å². The summed E-state index contributed by atoms with van der Waals surface area (Å²) in [6.45, 7) is 6.13. The molecule has 0 spiro atoms. The number of hydrogen-bond donors (Lipinski definition) is 0. The van der Waals surface area contributed by atoms with Gasteiger partial charge in [-0.05, 0) is 49.6 Å². The number of aromatic nitrogens is 2. The van der Waals surface area contributed by atoms with Crippen LogP contribution in [-0.2, 0) is 4.79 Å². The summed E-state index contributed by atoms with van der Waals surface area (Å²) < 4.78 is 5.71. The maximum absolute atomic E-state index is 12.5. The third-order valence-electron chi connectivity index (χ3n) is 4.74. The lowest BCUT2D eigenvalue weighted by Gasteiger charge is -2.25. The lowest BCUT2D eigenvalue weighted by molar-refractivity contribution is -0.128. The van der Waals surface area contributed by atoms with Crippen molar-refractivity contribution in [1.82, 2.24) is 15.1 Å². The van der Waals surface area contributed by atoms with Gasteiger partial charge in [-0.25, -0.2) is 0 Å². The van der Waals surface area contributed by atoms with Crippen LogP contribution < -0.4 is 0 Å². The van der Waals surface area contributed by atoms with E-state index in [1.165, 1.54) is 22.9 Å². The smallest absolute Gasteiger partial charge is 0.277 e. The Labute approximate surface area is 163 Å². The standard InChI is InChI=1S/C21H23N3O2S/c1-14-10-11-18(12-15(14)2)20-22-23-21(26-20)27-13-19(25)24(4)16(3)17-8-6-5-7-9-17/h5-12,16H,13H2,1-4H3/t16-/m1/s1. The van der Waals surface area contributed by atoms with E-state index in [4.69, 9.17) is 4.42 Å². The molecule has 1 aromatic heterocycles. The number of thioether (sulfide) groups is 1. The zero-order chi connectivity index (χ0) is 19.4. The lowest BCUT2D eigenvalue weighted by atomic mass is 10.1. The molecule has 2 aromatic carbocycles. The van der Waals surface area contributed by atoms with Crippen LogP contribution in [0.5, 0.6) is 0 Å². The monoisotopic (exact) mass is 381 g/mol. The van der Waals surface area contributed by atoms with Gasteiger partial charge in [0.15, 0.2) is 0 Å². The van der Waals surface area contributed by atoms with Gasteiger partial charge in [-0.1, -0.05) is 48.2 Å². The zero-order valence-corrected chi connectivity index (χ0v) is 16.8. The van der Waals surface area contributed by atoms with Crippen LogP contribution in [0.15, 0.2) is 58.2 Å². The number of amides is 1. The topological polar surface area (TPSA) is 59.2 Å². The Hall–Kier alpha value is -2.60. The molecule has 0 aliphatic carbocycles. The Kier molecular flexibility index (Phi) is 5.96. The van der Waals surface area contributed by atoms with E-state index < -0.39 is 0 Å². The average Bonchev–Trinajstić information content (AvgIpc) is 3.16. The van der Waals surface area contributed by atoms with Crippen molar-refractivity contribution in [2.24, 2.45) is 0 Å². The Balaban J connectivity index is 1.61. The minimum Gasteiger partial charge on any atom is -0.411 e. The highest BCUT2D eigenvalue weighted by Crippen LogP contribution is 2.26. The molecule has 5 nitrogen and oxygen atoms in total. The molecule has 0 N–H and O–H groups in total. The molecule has 6 heteroatoms. The van der Waals surface area contributed by atoms with Gasteiger partial charge < -0.3 is 9.32 Å². The van der Waals surface area contributed by atoms with E-state index in [-0.39, 0.29) is 17.7 Å². The van der Waals surface area contributed by atoms with Gasteiger partial charge in [-0.3, -0.25) is 4.79 Å². The van der Waals surface area contributed by atoms with Gasteiger partial charge >= 0.3 is 0 Å².